The molecule has 8 heteroatoms. The van der Waals surface area contributed by atoms with Crippen LogP contribution >= 0.6 is 0 Å². The lowest BCUT2D eigenvalue weighted by Crippen LogP contribution is -2.51. The monoisotopic (exact) mass is 342 g/mol. The van der Waals surface area contributed by atoms with Crippen LogP contribution in [0.15, 0.2) is 46.9 Å². The Morgan fingerprint density at radius 1 is 1.00 bits per heavy atom. The number of hydrogen-bond acceptors (Lipinski definition) is 4. The normalized spacial score (nSPS) is 14.7. The second-order valence-electron chi connectivity index (χ2n) is 4.94. The lowest BCUT2D eigenvalue weighted by atomic mass is 10.1. The number of carbonyl (C=O) groups is 1. The largest absolute Gasteiger partial charge is 0.460 e. The van der Waals surface area contributed by atoms with Gasteiger partial charge in [0.2, 0.25) is 0 Å². The first-order chi connectivity index (χ1) is 11.3. The van der Waals surface area contributed by atoms with Crippen molar-refractivity contribution >= 4 is 27.9 Å². The maximum atomic E-state index is 13.7. The number of alkyl halides is 4. The number of methoxy groups -OCH3 is 1. The molecule has 0 amide bonds. The molecule has 0 fully saturated rings. The SMILES string of the molecule is COC(F)(C(=O)Oc1ccc2c(c1)oc1ccccc12)C(F)(F)F. The van der Waals surface area contributed by atoms with Gasteiger partial charge in [-0.2, -0.15) is 17.6 Å². The predicted molar refractivity (Wildman–Crippen MR) is 76.3 cm³/mol. The fourth-order valence-corrected chi connectivity index (χ4v) is 2.26. The van der Waals surface area contributed by atoms with Gasteiger partial charge in [-0.25, -0.2) is 4.79 Å². The van der Waals surface area contributed by atoms with Crippen LogP contribution in [0.1, 0.15) is 0 Å². The molecule has 1 heterocycles. The van der Waals surface area contributed by atoms with Crippen molar-refractivity contribution in [2.45, 2.75) is 12.0 Å². The molecule has 0 spiro atoms. The molecule has 1 aromatic heterocycles. The van der Waals surface area contributed by atoms with E-state index in [-0.39, 0.29) is 11.3 Å². The molecule has 0 aliphatic rings. The van der Waals surface area contributed by atoms with Gasteiger partial charge >= 0.3 is 18.0 Å². The van der Waals surface area contributed by atoms with Gasteiger partial charge < -0.3 is 13.9 Å². The number of furan rings is 1. The fraction of sp³-hybridized carbons (Fsp3) is 0.188. The molecular formula is C16H10F4O4. The number of benzene rings is 2. The molecular weight excluding hydrogens is 332 g/mol. The number of hydrogen-bond donors (Lipinski definition) is 0. The number of para-hydroxylation sites is 1. The third-order valence-electron chi connectivity index (χ3n) is 3.47. The third kappa shape index (κ3) is 2.48. The molecule has 0 aliphatic carbocycles. The van der Waals surface area contributed by atoms with Crippen molar-refractivity contribution < 1.29 is 36.2 Å². The first-order valence-electron chi connectivity index (χ1n) is 6.70. The van der Waals surface area contributed by atoms with E-state index >= 15 is 0 Å². The van der Waals surface area contributed by atoms with Gasteiger partial charge in [-0.1, -0.05) is 18.2 Å². The van der Waals surface area contributed by atoms with E-state index in [9.17, 15) is 22.4 Å². The summed E-state index contributed by atoms with van der Waals surface area (Å²) >= 11 is 0. The number of esters is 1. The Labute approximate surface area is 132 Å². The van der Waals surface area contributed by atoms with Crippen LogP contribution in [0.4, 0.5) is 17.6 Å². The summed E-state index contributed by atoms with van der Waals surface area (Å²) in [5.41, 5.74) is 0.846. The first kappa shape index (κ1) is 16.3. The van der Waals surface area contributed by atoms with E-state index in [1.807, 2.05) is 0 Å². The van der Waals surface area contributed by atoms with Crippen molar-refractivity contribution in [3.8, 4) is 5.75 Å². The molecule has 126 valence electrons. The Balaban J connectivity index is 1.96. The van der Waals surface area contributed by atoms with Crippen LogP contribution < -0.4 is 4.74 Å². The topological polar surface area (TPSA) is 48.7 Å². The number of halogens is 4. The Bertz CT molecular complexity index is 915. The van der Waals surface area contributed by atoms with Gasteiger partial charge in [0.1, 0.15) is 16.9 Å². The Kier molecular flexibility index (Phi) is 3.71. The van der Waals surface area contributed by atoms with Crippen molar-refractivity contribution in [3.63, 3.8) is 0 Å². The van der Waals surface area contributed by atoms with Gasteiger partial charge in [-0.3, -0.25) is 0 Å². The average molecular weight is 342 g/mol. The fourth-order valence-electron chi connectivity index (χ4n) is 2.26. The van der Waals surface area contributed by atoms with Gasteiger partial charge in [0.05, 0.1) is 0 Å². The summed E-state index contributed by atoms with van der Waals surface area (Å²) in [5, 5.41) is 1.47. The zero-order valence-electron chi connectivity index (χ0n) is 12.2. The highest BCUT2D eigenvalue weighted by Crippen LogP contribution is 2.37. The molecule has 24 heavy (non-hydrogen) atoms. The Morgan fingerprint density at radius 2 is 1.67 bits per heavy atom. The van der Waals surface area contributed by atoms with Gasteiger partial charge in [0.15, 0.2) is 0 Å². The second-order valence-corrected chi connectivity index (χ2v) is 4.94. The second kappa shape index (κ2) is 5.48. The van der Waals surface area contributed by atoms with Crippen LogP contribution in [-0.2, 0) is 9.53 Å². The summed E-state index contributed by atoms with van der Waals surface area (Å²) in [4.78, 5) is 11.5. The lowest BCUT2D eigenvalue weighted by Gasteiger charge is -2.23. The number of ether oxygens (including phenoxy) is 2. The van der Waals surface area contributed by atoms with Gasteiger partial charge in [0.25, 0.3) is 0 Å². The molecule has 3 aromatic rings. The van der Waals surface area contributed by atoms with Gasteiger partial charge in [-0.05, 0) is 18.2 Å². The minimum absolute atomic E-state index is 0.287. The van der Waals surface area contributed by atoms with Gasteiger partial charge in [-0.15, -0.1) is 0 Å². The number of rotatable bonds is 3. The van der Waals surface area contributed by atoms with Crippen LogP contribution in [0.25, 0.3) is 21.9 Å². The Hall–Kier alpha value is -2.61. The maximum absolute atomic E-state index is 13.7. The highest BCUT2D eigenvalue weighted by molar-refractivity contribution is 6.05. The molecule has 4 nitrogen and oxygen atoms in total. The first-order valence-corrected chi connectivity index (χ1v) is 6.70. The lowest BCUT2D eigenvalue weighted by molar-refractivity contribution is -0.313. The van der Waals surface area contributed by atoms with E-state index in [1.54, 1.807) is 24.3 Å². The minimum Gasteiger partial charge on any atom is -0.456 e. The molecule has 0 saturated carbocycles. The summed E-state index contributed by atoms with van der Waals surface area (Å²) in [6.07, 6.45) is -5.57. The molecule has 1 atom stereocenters. The highest BCUT2D eigenvalue weighted by Gasteiger charge is 2.64. The standard InChI is InChI=1S/C16H10F4O4/c1-22-15(17,16(18,19)20)14(21)23-9-6-7-11-10-4-2-3-5-12(10)24-13(11)8-9/h2-8H,1H3. The summed E-state index contributed by atoms with van der Waals surface area (Å²) in [6.45, 7) is 0. The van der Waals surface area contributed by atoms with Crippen LogP contribution in [0, 0.1) is 0 Å². The molecule has 3 rings (SSSR count). The van der Waals surface area contributed by atoms with E-state index in [0.29, 0.717) is 18.1 Å². The highest BCUT2D eigenvalue weighted by atomic mass is 19.4. The van der Waals surface area contributed by atoms with Crippen LogP contribution in [-0.4, -0.2) is 25.1 Å². The minimum atomic E-state index is -5.57. The predicted octanol–water partition coefficient (Wildman–Crippen LogP) is 4.37. The molecule has 0 bridgehead atoms. The van der Waals surface area contributed by atoms with Crippen LogP contribution in [0.2, 0.25) is 0 Å². The maximum Gasteiger partial charge on any atom is 0.460 e. The van der Waals surface area contributed by atoms with Crippen LogP contribution in [0.5, 0.6) is 5.75 Å². The van der Waals surface area contributed by atoms with E-state index in [4.69, 9.17) is 4.42 Å². The van der Waals surface area contributed by atoms with Gasteiger partial charge in [0, 0.05) is 23.9 Å². The molecule has 0 aliphatic heterocycles. The smallest absolute Gasteiger partial charge is 0.456 e. The number of carbonyl (C=O) groups excluding carboxylic acids is 1. The van der Waals surface area contributed by atoms with Crippen molar-refractivity contribution in [2.75, 3.05) is 7.11 Å². The average Bonchev–Trinajstić information content (AvgIpc) is 2.90. The van der Waals surface area contributed by atoms with Crippen molar-refractivity contribution in [1.29, 1.82) is 0 Å². The summed E-state index contributed by atoms with van der Waals surface area (Å²) in [6, 6.07) is 11.0. The molecule has 1 unspecified atom stereocenters. The van der Waals surface area contributed by atoms with Crippen molar-refractivity contribution in [2.24, 2.45) is 0 Å². The van der Waals surface area contributed by atoms with Crippen molar-refractivity contribution in [1.82, 2.24) is 0 Å². The van der Waals surface area contributed by atoms with Crippen LogP contribution in [0.3, 0.4) is 0 Å². The van der Waals surface area contributed by atoms with E-state index in [0.717, 1.165) is 5.39 Å². The van der Waals surface area contributed by atoms with E-state index < -0.39 is 18.0 Å². The molecule has 0 radical (unpaired) electrons. The summed E-state index contributed by atoms with van der Waals surface area (Å²) in [5.74, 6) is -7.06. The van der Waals surface area contributed by atoms with E-state index in [1.165, 1.54) is 18.2 Å². The van der Waals surface area contributed by atoms with E-state index in [2.05, 4.69) is 9.47 Å². The summed E-state index contributed by atoms with van der Waals surface area (Å²) in [7, 11) is 0.428. The third-order valence-corrected chi connectivity index (χ3v) is 3.47. The molecule has 0 saturated heterocycles. The molecule has 2 aromatic carbocycles. The zero-order chi connectivity index (χ0) is 17.5. The number of fused-ring (bicyclic) bond motifs is 3. The zero-order valence-corrected chi connectivity index (χ0v) is 12.2. The summed E-state index contributed by atoms with van der Waals surface area (Å²) < 4.78 is 65.3. The van der Waals surface area contributed by atoms with Crippen molar-refractivity contribution in [3.05, 3.63) is 42.5 Å². The molecule has 0 N–H and O–H groups in total. The quantitative estimate of drug-likeness (QED) is 0.403. The Morgan fingerprint density at radius 3 is 2.33 bits per heavy atom.